The largest absolute Gasteiger partial charge is 0.380 e. The third-order valence-corrected chi connectivity index (χ3v) is 7.93. The zero-order valence-corrected chi connectivity index (χ0v) is 25.0. The van der Waals surface area contributed by atoms with Crippen molar-refractivity contribution in [1.29, 1.82) is 0 Å². The Morgan fingerprint density at radius 1 is 0.528 bits per heavy atom. The Morgan fingerprint density at radius 3 is 1.42 bits per heavy atom. The maximum Gasteiger partial charge on any atom is 0.0991 e. The Morgan fingerprint density at radius 2 is 0.944 bits per heavy atom. The molecular formula is C33H66N2O. The van der Waals surface area contributed by atoms with Gasteiger partial charge in [-0.15, -0.1) is 0 Å². The average Bonchev–Trinajstić information content (AvgIpc) is 3.34. The molecular weight excluding hydrogens is 440 g/mol. The fraction of sp³-hybridized carbons (Fsp3) is 0.970. The molecule has 0 aliphatic carbocycles. The molecule has 1 aliphatic heterocycles. The molecule has 0 saturated heterocycles. The van der Waals surface area contributed by atoms with E-state index < -0.39 is 0 Å². The number of amidine groups is 1. The Balaban J connectivity index is 1.82. The van der Waals surface area contributed by atoms with Gasteiger partial charge in [-0.3, -0.25) is 4.99 Å². The van der Waals surface area contributed by atoms with E-state index in [4.69, 9.17) is 9.73 Å². The van der Waals surface area contributed by atoms with Crippen molar-refractivity contribution in [2.45, 2.75) is 174 Å². The molecule has 0 bridgehead atoms. The Kier molecular flexibility index (Phi) is 25.5. The zero-order valence-electron chi connectivity index (χ0n) is 25.0. The minimum atomic E-state index is 0.871. The van der Waals surface area contributed by atoms with Gasteiger partial charge < -0.3 is 9.64 Å². The third kappa shape index (κ3) is 21.5. The maximum atomic E-state index is 5.96. The fourth-order valence-corrected chi connectivity index (χ4v) is 5.45. The van der Waals surface area contributed by atoms with Crippen molar-refractivity contribution in [2.75, 3.05) is 32.8 Å². The van der Waals surface area contributed by atoms with Crippen LogP contribution in [0.4, 0.5) is 0 Å². The highest BCUT2D eigenvalue weighted by atomic mass is 16.5. The predicted octanol–water partition coefficient (Wildman–Crippen LogP) is 10.5. The molecule has 36 heavy (non-hydrogen) atoms. The second kappa shape index (κ2) is 27.5. The van der Waals surface area contributed by atoms with Gasteiger partial charge in [-0.1, -0.05) is 155 Å². The summed E-state index contributed by atoms with van der Waals surface area (Å²) in [6.07, 6.45) is 35.0. The number of ether oxygens (including phenoxy) is 1. The molecule has 1 rings (SSSR count). The molecule has 3 nitrogen and oxygen atoms in total. The summed E-state index contributed by atoms with van der Waals surface area (Å²) in [6.45, 7) is 9.54. The number of unbranched alkanes of at least 4 members (excludes halogenated alkanes) is 22. The molecule has 1 heterocycles. The number of aliphatic imine (C=N–C) groups is 1. The molecule has 3 heteroatoms. The lowest BCUT2D eigenvalue weighted by Gasteiger charge is -2.20. The van der Waals surface area contributed by atoms with Gasteiger partial charge in [0, 0.05) is 26.1 Å². The van der Waals surface area contributed by atoms with Crippen LogP contribution < -0.4 is 0 Å². The highest BCUT2D eigenvalue weighted by molar-refractivity contribution is 5.83. The molecule has 0 radical (unpaired) electrons. The number of nitrogens with zero attached hydrogens (tertiary/aromatic N) is 2. The van der Waals surface area contributed by atoms with Crippen LogP contribution in [0.1, 0.15) is 174 Å². The quantitative estimate of drug-likeness (QED) is 0.0942. The molecule has 0 aromatic carbocycles. The first kappa shape index (κ1) is 33.5. The summed E-state index contributed by atoms with van der Waals surface area (Å²) >= 11 is 0. The van der Waals surface area contributed by atoms with Crippen LogP contribution in [0.2, 0.25) is 0 Å². The molecule has 1 aliphatic rings. The van der Waals surface area contributed by atoms with Crippen molar-refractivity contribution in [3.8, 4) is 0 Å². The van der Waals surface area contributed by atoms with Crippen LogP contribution in [0.25, 0.3) is 0 Å². The highest BCUT2D eigenvalue weighted by Crippen LogP contribution is 2.15. The van der Waals surface area contributed by atoms with E-state index in [1.54, 1.807) is 0 Å². The molecule has 214 valence electrons. The molecule has 0 fully saturated rings. The van der Waals surface area contributed by atoms with Gasteiger partial charge in [0.1, 0.15) is 0 Å². The lowest BCUT2D eigenvalue weighted by atomic mass is 10.0. The second-order valence-corrected chi connectivity index (χ2v) is 11.4. The van der Waals surface area contributed by atoms with E-state index in [-0.39, 0.29) is 0 Å². The summed E-state index contributed by atoms with van der Waals surface area (Å²) in [5, 5.41) is 0. The summed E-state index contributed by atoms with van der Waals surface area (Å²) in [6, 6.07) is 0. The Bertz CT molecular complexity index is 465. The first-order valence-electron chi connectivity index (χ1n) is 16.7. The van der Waals surface area contributed by atoms with Crippen molar-refractivity contribution in [2.24, 2.45) is 4.99 Å². The fourth-order valence-electron chi connectivity index (χ4n) is 5.45. The molecule has 0 amide bonds. The van der Waals surface area contributed by atoms with Crippen molar-refractivity contribution in [3.05, 3.63) is 0 Å². The van der Waals surface area contributed by atoms with Crippen molar-refractivity contribution in [3.63, 3.8) is 0 Å². The van der Waals surface area contributed by atoms with Crippen LogP contribution in [0.5, 0.6) is 0 Å². The molecule has 0 aromatic rings. The van der Waals surface area contributed by atoms with Gasteiger partial charge in [-0.05, 0) is 12.8 Å². The Hall–Kier alpha value is -0.570. The van der Waals surface area contributed by atoms with E-state index in [1.165, 1.54) is 166 Å². The smallest absolute Gasteiger partial charge is 0.0991 e. The lowest BCUT2D eigenvalue weighted by molar-refractivity contribution is 0.118. The molecule has 0 saturated carbocycles. The van der Waals surface area contributed by atoms with Crippen LogP contribution in [0, 0.1) is 0 Å². The first-order valence-corrected chi connectivity index (χ1v) is 16.7. The van der Waals surface area contributed by atoms with Crippen LogP contribution in [-0.4, -0.2) is 43.6 Å². The maximum absolute atomic E-state index is 5.96. The third-order valence-electron chi connectivity index (χ3n) is 7.93. The summed E-state index contributed by atoms with van der Waals surface area (Å²) in [5.74, 6) is 1.36. The van der Waals surface area contributed by atoms with E-state index in [0.29, 0.717) is 0 Å². The van der Waals surface area contributed by atoms with Crippen molar-refractivity contribution in [1.82, 2.24) is 4.90 Å². The van der Waals surface area contributed by atoms with E-state index in [0.717, 1.165) is 32.8 Å². The van der Waals surface area contributed by atoms with Gasteiger partial charge in [0.2, 0.25) is 0 Å². The minimum Gasteiger partial charge on any atom is -0.380 e. The van der Waals surface area contributed by atoms with Gasteiger partial charge in [-0.25, -0.2) is 0 Å². The normalized spacial score (nSPS) is 13.6. The van der Waals surface area contributed by atoms with E-state index in [2.05, 4.69) is 18.7 Å². The first-order chi connectivity index (χ1) is 17.9. The van der Waals surface area contributed by atoms with Crippen LogP contribution in [-0.2, 0) is 4.74 Å². The standard InChI is InChI=1S/C33H66N2O/c1-3-5-7-9-11-13-15-17-19-21-23-25-27-33-34-28-29-35(33)30-32-36-31-26-24-22-20-18-16-14-12-10-8-6-4-2/h3-32H2,1-2H3. The van der Waals surface area contributed by atoms with Crippen LogP contribution in [0.3, 0.4) is 0 Å². The molecule has 0 aromatic heterocycles. The van der Waals surface area contributed by atoms with Crippen molar-refractivity contribution >= 4 is 5.84 Å². The zero-order chi connectivity index (χ0) is 25.8. The van der Waals surface area contributed by atoms with Gasteiger partial charge >= 0.3 is 0 Å². The Labute approximate surface area is 227 Å². The lowest BCUT2D eigenvalue weighted by Crippen LogP contribution is -2.31. The minimum absolute atomic E-state index is 0.871. The van der Waals surface area contributed by atoms with E-state index >= 15 is 0 Å². The summed E-state index contributed by atoms with van der Waals surface area (Å²) < 4.78 is 5.96. The van der Waals surface area contributed by atoms with E-state index in [9.17, 15) is 0 Å². The van der Waals surface area contributed by atoms with Gasteiger partial charge in [0.25, 0.3) is 0 Å². The van der Waals surface area contributed by atoms with Crippen molar-refractivity contribution < 1.29 is 4.74 Å². The van der Waals surface area contributed by atoms with Gasteiger partial charge in [0.15, 0.2) is 0 Å². The monoisotopic (exact) mass is 507 g/mol. The molecule has 0 N–H and O–H groups in total. The average molecular weight is 507 g/mol. The number of hydrogen-bond acceptors (Lipinski definition) is 3. The van der Waals surface area contributed by atoms with Gasteiger partial charge in [-0.2, -0.15) is 0 Å². The highest BCUT2D eigenvalue weighted by Gasteiger charge is 2.15. The topological polar surface area (TPSA) is 24.8 Å². The molecule has 0 unspecified atom stereocenters. The van der Waals surface area contributed by atoms with Crippen LogP contribution >= 0.6 is 0 Å². The van der Waals surface area contributed by atoms with Gasteiger partial charge in [0.05, 0.1) is 19.0 Å². The number of rotatable bonds is 29. The summed E-state index contributed by atoms with van der Waals surface area (Å²) in [5.41, 5.74) is 0. The number of hydrogen-bond donors (Lipinski definition) is 0. The summed E-state index contributed by atoms with van der Waals surface area (Å²) in [7, 11) is 0. The van der Waals surface area contributed by atoms with E-state index in [1.807, 2.05) is 0 Å². The SMILES string of the molecule is CCCCCCCCCCCCCCOCCN1CCN=C1CCCCCCCCCCCCCC. The molecule has 0 spiro atoms. The van der Waals surface area contributed by atoms with Crippen LogP contribution in [0.15, 0.2) is 4.99 Å². The second-order valence-electron chi connectivity index (χ2n) is 11.4. The summed E-state index contributed by atoms with van der Waals surface area (Å²) in [4.78, 5) is 7.27. The molecule has 0 atom stereocenters. The predicted molar refractivity (Wildman–Crippen MR) is 161 cm³/mol.